The van der Waals surface area contributed by atoms with Gasteiger partial charge in [-0.2, -0.15) is 0 Å². The summed E-state index contributed by atoms with van der Waals surface area (Å²) in [4.78, 5) is 23.8. The zero-order valence-corrected chi connectivity index (χ0v) is 12.6. The third kappa shape index (κ3) is 2.80. The summed E-state index contributed by atoms with van der Waals surface area (Å²) in [5.41, 5.74) is 0.152. The van der Waals surface area contributed by atoms with E-state index in [4.69, 9.17) is 10.2 Å². The van der Waals surface area contributed by atoms with Gasteiger partial charge in [-0.05, 0) is 68.6 Å². The van der Waals surface area contributed by atoms with Crippen molar-refractivity contribution in [2.24, 2.45) is 23.2 Å². The van der Waals surface area contributed by atoms with Crippen LogP contribution in [0.25, 0.3) is 0 Å². The summed E-state index contributed by atoms with van der Waals surface area (Å²) in [6, 6.07) is 0.0399. The molecule has 1 atom stereocenters. The van der Waals surface area contributed by atoms with Crippen molar-refractivity contribution in [3.05, 3.63) is 0 Å². The van der Waals surface area contributed by atoms with Crippen LogP contribution in [0, 0.1) is 23.2 Å². The van der Waals surface area contributed by atoms with Crippen molar-refractivity contribution in [1.29, 1.82) is 0 Å². The second-order valence-corrected chi connectivity index (χ2v) is 7.65. The first-order chi connectivity index (χ1) is 9.88. The Bertz CT molecular complexity index is 396. The molecule has 4 aliphatic rings. The Morgan fingerprint density at radius 3 is 1.71 bits per heavy atom. The van der Waals surface area contributed by atoms with Gasteiger partial charge < -0.3 is 10.2 Å². The molecule has 0 saturated heterocycles. The highest BCUT2D eigenvalue weighted by atomic mass is 16.4. The van der Waals surface area contributed by atoms with Crippen molar-refractivity contribution < 1.29 is 19.8 Å². The monoisotopic (exact) mass is 295 g/mol. The average molecular weight is 295 g/mol. The van der Waals surface area contributed by atoms with Gasteiger partial charge in [-0.25, -0.2) is 0 Å². The number of aliphatic carboxylic acids is 2. The number of rotatable bonds is 6. The molecule has 0 heterocycles. The van der Waals surface area contributed by atoms with Crippen molar-refractivity contribution in [2.45, 2.75) is 51.5 Å². The smallest absolute Gasteiger partial charge is 0.317 e. The van der Waals surface area contributed by atoms with E-state index in [9.17, 15) is 9.59 Å². The Morgan fingerprint density at radius 2 is 1.38 bits per heavy atom. The topological polar surface area (TPSA) is 77.8 Å². The molecule has 21 heavy (non-hydrogen) atoms. The molecule has 118 valence electrons. The van der Waals surface area contributed by atoms with Crippen molar-refractivity contribution in [1.82, 2.24) is 4.90 Å². The molecule has 4 aliphatic carbocycles. The second kappa shape index (κ2) is 5.27. The van der Waals surface area contributed by atoms with Crippen molar-refractivity contribution in [2.75, 3.05) is 13.1 Å². The maximum atomic E-state index is 11.1. The summed E-state index contributed by atoms with van der Waals surface area (Å²) in [7, 11) is 0. The largest absolute Gasteiger partial charge is 0.480 e. The summed E-state index contributed by atoms with van der Waals surface area (Å²) in [5.74, 6) is 0.487. The van der Waals surface area contributed by atoms with Gasteiger partial charge in [-0.3, -0.25) is 14.5 Å². The van der Waals surface area contributed by atoms with E-state index in [0.717, 1.165) is 37.0 Å². The van der Waals surface area contributed by atoms with Crippen LogP contribution in [-0.2, 0) is 9.59 Å². The molecule has 4 bridgehead atoms. The van der Waals surface area contributed by atoms with E-state index in [0.29, 0.717) is 0 Å². The van der Waals surface area contributed by atoms with Crippen LogP contribution < -0.4 is 0 Å². The van der Waals surface area contributed by atoms with Gasteiger partial charge in [0.2, 0.25) is 0 Å². The predicted molar refractivity (Wildman–Crippen MR) is 76.9 cm³/mol. The van der Waals surface area contributed by atoms with E-state index in [1.165, 1.54) is 19.3 Å². The average Bonchev–Trinajstić information content (AvgIpc) is 2.34. The molecule has 1 unspecified atom stereocenters. The minimum atomic E-state index is -0.937. The number of carbonyl (C=O) groups is 2. The van der Waals surface area contributed by atoms with Crippen LogP contribution in [0.1, 0.15) is 45.4 Å². The first kappa shape index (κ1) is 14.8. The highest BCUT2D eigenvalue weighted by molar-refractivity contribution is 5.72. The molecule has 0 amide bonds. The van der Waals surface area contributed by atoms with E-state index in [2.05, 4.69) is 6.92 Å². The van der Waals surface area contributed by atoms with E-state index in [-0.39, 0.29) is 24.5 Å². The molecular weight excluding hydrogens is 270 g/mol. The van der Waals surface area contributed by atoms with E-state index < -0.39 is 11.9 Å². The SMILES string of the molecule is CC(N(CC(=O)O)CC(=O)O)C12CC3CC(CC(C3)C1)C2. The molecule has 5 nitrogen and oxygen atoms in total. The third-order valence-corrected chi connectivity index (χ3v) is 6.20. The minimum Gasteiger partial charge on any atom is -0.480 e. The zero-order valence-electron chi connectivity index (χ0n) is 12.6. The van der Waals surface area contributed by atoms with Gasteiger partial charge in [0, 0.05) is 6.04 Å². The van der Waals surface area contributed by atoms with Gasteiger partial charge >= 0.3 is 11.9 Å². The predicted octanol–water partition coefficient (Wildman–Crippen LogP) is 2.06. The van der Waals surface area contributed by atoms with Crippen LogP contribution in [0.4, 0.5) is 0 Å². The van der Waals surface area contributed by atoms with E-state index in [1.807, 2.05) is 0 Å². The number of carboxylic acid groups (broad SMARTS) is 2. The summed E-state index contributed by atoms with van der Waals surface area (Å²) in [6.45, 7) is 1.71. The van der Waals surface area contributed by atoms with Crippen LogP contribution in [0.5, 0.6) is 0 Å². The molecule has 2 N–H and O–H groups in total. The van der Waals surface area contributed by atoms with Gasteiger partial charge in [0.25, 0.3) is 0 Å². The minimum absolute atomic E-state index is 0.0399. The molecule has 0 aliphatic heterocycles. The highest BCUT2D eigenvalue weighted by Crippen LogP contribution is 2.61. The van der Waals surface area contributed by atoms with Gasteiger partial charge in [-0.1, -0.05) is 0 Å². The lowest BCUT2D eigenvalue weighted by Crippen LogP contribution is -2.57. The molecule has 4 rings (SSSR count). The van der Waals surface area contributed by atoms with Crippen molar-refractivity contribution in [3.8, 4) is 0 Å². The third-order valence-electron chi connectivity index (χ3n) is 6.20. The fraction of sp³-hybridized carbons (Fsp3) is 0.875. The number of hydrogen-bond donors (Lipinski definition) is 2. The van der Waals surface area contributed by atoms with Crippen LogP contribution in [0.2, 0.25) is 0 Å². The standard InChI is InChI=1S/C16H25NO4/c1-10(17(8-14(18)19)9-15(20)21)16-5-11-2-12(6-16)4-13(3-11)7-16/h10-13H,2-9H2,1H3,(H,18,19)(H,20,21). The first-order valence-electron chi connectivity index (χ1n) is 8.05. The number of nitrogens with zero attached hydrogens (tertiary/aromatic N) is 1. The van der Waals surface area contributed by atoms with Crippen LogP contribution in [0.3, 0.4) is 0 Å². The second-order valence-electron chi connectivity index (χ2n) is 7.65. The molecular formula is C16H25NO4. The fourth-order valence-electron chi connectivity index (χ4n) is 5.75. The van der Waals surface area contributed by atoms with Crippen LogP contribution >= 0.6 is 0 Å². The Balaban J connectivity index is 1.79. The molecule has 5 heteroatoms. The lowest BCUT2D eigenvalue weighted by atomic mass is 9.47. The summed E-state index contributed by atoms with van der Waals surface area (Å²) < 4.78 is 0. The quantitative estimate of drug-likeness (QED) is 0.784. The van der Waals surface area contributed by atoms with Gasteiger partial charge in [-0.15, -0.1) is 0 Å². The highest BCUT2D eigenvalue weighted by Gasteiger charge is 2.54. The maximum Gasteiger partial charge on any atom is 0.317 e. The van der Waals surface area contributed by atoms with Gasteiger partial charge in [0.15, 0.2) is 0 Å². The van der Waals surface area contributed by atoms with Crippen molar-refractivity contribution in [3.63, 3.8) is 0 Å². The van der Waals surface area contributed by atoms with Gasteiger partial charge in [0.05, 0.1) is 13.1 Å². The zero-order chi connectivity index (χ0) is 15.2. The number of carboxylic acids is 2. The molecule has 0 radical (unpaired) electrons. The molecule has 4 saturated carbocycles. The maximum absolute atomic E-state index is 11.1. The molecule has 0 aromatic rings. The lowest BCUT2D eigenvalue weighted by molar-refractivity contribution is -0.148. The Labute approximate surface area is 125 Å². The normalized spacial score (nSPS) is 38.7. The summed E-state index contributed by atoms with van der Waals surface area (Å²) >= 11 is 0. The molecule has 4 fully saturated rings. The van der Waals surface area contributed by atoms with E-state index in [1.54, 1.807) is 4.90 Å². The Kier molecular flexibility index (Phi) is 3.72. The van der Waals surface area contributed by atoms with Crippen LogP contribution in [0.15, 0.2) is 0 Å². The number of hydrogen-bond acceptors (Lipinski definition) is 3. The van der Waals surface area contributed by atoms with Gasteiger partial charge in [0.1, 0.15) is 0 Å². The molecule has 0 aromatic carbocycles. The first-order valence-corrected chi connectivity index (χ1v) is 8.05. The fourth-order valence-corrected chi connectivity index (χ4v) is 5.75. The lowest BCUT2D eigenvalue weighted by Gasteiger charge is -2.60. The Morgan fingerprint density at radius 1 is 1.00 bits per heavy atom. The van der Waals surface area contributed by atoms with E-state index >= 15 is 0 Å². The molecule has 0 aromatic heterocycles. The molecule has 0 spiro atoms. The summed E-state index contributed by atoms with van der Waals surface area (Å²) in [5, 5.41) is 18.2. The van der Waals surface area contributed by atoms with Crippen LogP contribution in [-0.4, -0.2) is 46.2 Å². The Hall–Kier alpha value is -1.10. The summed E-state index contributed by atoms with van der Waals surface area (Å²) in [6.07, 6.45) is 7.50. The van der Waals surface area contributed by atoms with Crippen molar-refractivity contribution >= 4 is 11.9 Å².